The first-order valence-corrected chi connectivity index (χ1v) is 6.55. The Kier molecular flexibility index (Phi) is 4.07. The number of benzene rings is 1. The van der Waals surface area contributed by atoms with E-state index in [1.807, 2.05) is 18.2 Å². The van der Waals surface area contributed by atoms with Crippen LogP contribution in [0.1, 0.15) is 19.4 Å². The number of aromatic nitrogens is 1. The quantitative estimate of drug-likeness (QED) is 0.850. The van der Waals surface area contributed by atoms with Gasteiger partial charge in [0, 0.05) is 26.2 Å². The second-order valence-electron chi connectivity index (χ2n) is 5.20. The van der Waals surface area contributed by atoms with E-state index in [1.54, 1.807) is 7.05 Å². The molecule has 0 aliphatic carbocycles. The average Bonchev–Trinajstić information content (AvgIpc) is 2.65. The Morgan fingerprint density at radius 1 is 1.42 bits per heavy atom. The van der Waals surface area contributed by atoms with E-state index in [4.69, 9.17) is 10.2 Å². The molecule has 3 N–H and O–H groups in total. The van der Waals surface area contributed by atoms with Crippen LogP contribution in [-0.2, 0) is 13.6 Å². The maximum absolute atomic E-state index is 11.4. The van der Waals surface area contributed by atoms with Crippen LogP contribution in [0.25, 0.3) is 11.1 Å². The molecule has 1 aromatic heterocycles. The Morgan fingerprint density at radius 2 is 2.16 bits per heavy atom. The van der Waals surface area contributed by atoms with E-state index in [-0.39, 0.29) is 5.76 Å². The molecular weight excluding hydrogens is 242 g/mol. The molecule has 1 heterocycles. The third kappa shape index (κ3) is 2.88. The fourth-order valence-corrected chi connectivity index (χ4v) is 2.13. The van der Waals surface area contributed by atoms with Crippen LogP contribution in [0.4, 0.5) is 0 Å². The molecular formula is C14H21N3O2. The van der Waals surface area contributed by atoms with Crippen LogP contribution >= 0.6 is 0 Å². The molecule has 0 saturated heterocycles. The topological polar surface area (TPSA) is 73.2 Å². The van der Waals surface area contributed by atoms with Crippen LogP contribution in [0, 0.1) is 5.92 Å². The second kappa shape index (κ2) is 5.59. The molecule has 1 aromatic carbocycles. The van der Waals surface area contributed by atoms with Gasteiger partial charge in [0.05, 0.1) is 5.52 Å². The Hall–Kier alpha value is -1.59. The van der Waals surface area contributed by atoms with Crippen molar-refractivity contribution in [2.75, 3.05) is 6.54 Å². The smallest absolute Gasteiger partial charge is 0.408 e. The van der Waals surface area contributed by atoms with Gasteiger partial charge in [0.15, 0.2) is 5.58 Å². The van der Waals surface area contributed by atoms with Crippen molar-refractivity contribution in [3.63, 3.8) is 0 Å². The number of aryl methyl sites for hydroxylation is 1. The van der Waals surface area contributed by atoms with Crippen LogP contribution in [0.15, 0.2) is 27.4 Å². The zero-order chi connectivity index (χ0) is 14.0. The highest BCUT2D eigenvalue weighted by Gasteiger charge is 2.11. The van der Waals surface area contributed by atoms with Gasteiger partial charge in [0.2, 0.25) is 0 Å². The summed E-state index contributed by atoms with van der Waals surface area (Å²) in [5.41, 5.74) is 8.25. The van der Waals surface area contributed by atoms with Gasteiger partial charge in [0.25, 0.3) is 0 Å². The summed E-state index contributed by atoms with van der Waals surface area (Å²) in [6, 6.07) is 6.10. The molecule has 2 aromatic rings. The molecule has 0 bridgehead atoms. The molecule has 1 atom stereocenters. The number of fused-ring (bicyclic) bond motifs is 1. The standard InChI is InChI=1S/C14H21N3O2/c1-9(2)11(7-15)16-8-10-4-5-12-13(6-10)19-14(18)17(12)3/h4-6,9,11,16H,7-8,15H2,1-3H3. The van der Waals surface area contributed by atoms with Gasteiger partial charge in [0.1, 0.15) is 0 Å². The molecule has 0 spiro atoms. The summed E-state index contributed by atoms with van der Waals surface area (Å²) in [4.78, 5) is 11.4. The number of oxazole rings is 1. The molecule has 0 amide bonds. The highest BCUT2D eigenvalue weighted by atomic mass is 16.4. The SMILES string of the molecule is CC(C)C(CN)NCc1ccc2c(c1)oc(=O)n2C. The molecule has 5 nitrogen and oxygen atoms in total. The number of hydrogen-bond acceptors (Lipinski definition) is 4. The van der Waals surface area contributed by atoms with Gasteiger partial charge in [-0.1, -0.05) is 19.9 Å². The van der Waals surface area contributed by atoms with Crippen LogP contribution in [-0.4, -0.2) is 17.2 Å². The van der Waals surface area contributed by atoms with Gasteiger partial charge in [-0.2, -0.15) is 0 Å². The molecule has 0 radical (unpaired) electrons. The number of rotatable bonds is 5. The normalized spacial score (nSPS) is 13.3. The van der Waals surface area contributed by atoms with E-state index in [1.165, 1.54) is 4.57 Å². The van der Waals surface area contributed by atoms with Crippen molar-refractivity contribution < 1.29 is 4.42 Å². The van der Waals surface area contributed by atoms with Gasteiger partial charge in [-0.15, -0.1) is 0 Å². The molecule has 0 saturated carbocycles. The van der Waals surface area contributed by atoms with Gasteiger partial charge in [-0.3, -0.25) is 4.57 Å². The van der Waals surface area contributed by atoms with Crippen LogP contribution in [0.3, 0.4) is 0 Å². The minimum absolute atomic E-state index is 0.290. The molecule has 1 unspecified atom stereocenters. The highest BCUT2D eigenvalue weighted by molar-refractivity contribution is 5.73. The number of nitrogens with zero attached hydrogens (tertiary/aromatic N) is 1. The van der Waals surface area contributed by atoms with Crippen molar-refractivity contribution in [1.29, 1.82) is 0 Å². The summed E-state index contributed by atoms with van der Waals surface area (Å²) < 4.78 is 6.68. The monoisotopic (exact) mass is 263 g/mol. The lowest BCUT2D eigenvalue weighted by Gasteiger charge is -2.20. The van der Waals surface area contributed by atoms with E-state index in [2.05, 4.69) is 19.2 Å². The van der Waals surface area contributed by atoms with Gasteiger partial charge >= 0.3 is 5.76 Å². The van der Waals surface area contributed by atoms with Crippen molar-refractivity contribution in [2.24, 2.45) is 18.7 Å². The molecule has 2 rings (SSSR count). The molecule has 0 aliphatic rings. The van der Waals surface area contributed by atoms with Crippen molar-refractivity contribution in [3.8, 4) is 0 Å². The lowest BCUT2D eigenvalue weighted by Crippen LogP contribution is -2.39. The first-order valence-electron chi connectivity index (χ1n) is 6.55. The van der Waals surface area contributed by atoms with Crippen LogP contribution < -0.4 is 16.8 Å². The maximum Gasteiger partial charge on any atom is 0.419 e. The van der Waals surface area contributed by atoms with E-state index in [9.17, 15) is 4.79 Å². The van der Waals surface area contributed by atoms with Gasteiger partial charge < -0.3 is 15.5 Å². The van der Waals surface area contributed by atoms with Crippen molar-refractivity contribution in [1.82, 2.24) is 9.88 Å². The largest absolute Gasteiger partial charge is 0.419 e. The minimum atomic E-state index is -0.331. The van der Waals surface area contributed by atoms with E-state index in [0.29, 0.717) is 30.6 Å². The molecule has 104 valence electrons. The average molecular weight is 263 g/mol. The number of nitrogens with two attached hydrogens (primary N) is 1. The Morgan fingerprint density at radius 3 is 2.79 bits per heavy atom. The predicted molar refractivity (Wildman–Crippen MR) is 76.0 cm³/mol. The van der Waals surface area contributed by atoms with E-state index >= 15 is 0 Å². The zero-order valence-electron chi connectivity index (χ0n) is 11.6. The summed E-state index contributed by atoms with van der Waals surface area (Å²) in [5.74, 6) is 0.158. The Balaban J connectivity index is 2.16. The molecule has 5 heteroatoms. The number of hydrogen-bond donors (Lipinski definition) is 2. The Labute approximate surface area is 112 Å². The molecule has 19 heavy (non-hydrogen) atoms. The highest BCUT2D eigenvalue weighted by Crippen LogP contribution is 2.14. The summed E-state index contributed by atoms with van der Waals surface area (Å²) in [5, 5.41) is 3.42. The van der Waals surface area contributed by atoms with Gasteiger partial charge in [-0.25, -0.2) is 4.79 Å². The van der Waals surface area contributed by atoms with E-state index in [0.717, 1.165) is 11.1 Å². The number of nitrogens with one attached hydrogen (secondary N) is 1. The Bertz CT molecular complexity index is 613. The summed E-state index contributed by atoms with van der Waals surface area (Å²) in [6.45, 7) is 5.61. The fraction of sp³-hybridized carbons (Fsp3) is 0.500. The van der Waals surface area contributed by atoms with E-state index < -0.39 is 0 Å². The second-order valence-corrected chi connectivity index (χ2v) is 5.20. The van der Waals surface area contributed by atoms with Gasteiger partial charge in [-0.05, 0) is 23.6 Å². The van der Waals surface area contributed by atoms with Crippen LogP contribution in [0.5, 0.6) is 0 Å². The lowest BCUT2D eigenvalue weighted by molar-refractivity contribution is 0.405. The first kappa shape index (κ1) is 13.8. The summed E-state index contributed by atoms with van der Waals surface area (Å²) in [6.07, 6.45) is 0. The maximum atomic E-state index is 11.4. The fourth-order valence-electron chi connectivity index (χ4n) is 2.13. The predicted octanol–water partition coefficient (Wildman–Crippen LogP) is 1.20. The van der Waals surface area contributed by atoms with Crippen molar-refractivity contribution >= 4 is 11.1 Å². The molecule has 0 aliphatic heterocycles. The summed E-state index contributed by atoms with van der Waals surface area (Å²) in [7, 11) is 1.70. The summed E-state index contributed by atoms with van der Waals surface area (Å²) >= 11 is 0. The zero-order valence-corrected chi connectivity index (χ0v) is 11.6. The third-order valence-corrected chi connectivity index (χ3v) is 3.48. The van der Waals surface area contributed by atoms with Crippen molar-refractivity contribution in [2.45, 2.75) is 26.4 Å². The first-order chi connectivity index (χ1) is 9.02. The third-order valence-electron chi connectivity index (χ3n) is 3.48. The lowest BCUT2D eigenvalue weighted by atomic mass is 10.0. The molecule has 0 fully saturated rings. The minimum Gasteiger partial charge on any atom is -0.408 e. The van der Waals surface area contributed by atoms with Crippen molar-refractivity contribution in [3.05, 3.63) is 34.3 Å². The van der Waals surface area contributed by atoms with Crippen LogP contribution in [0.2, 0.25) is 0 Å².